The van der Waals surface area contributed by atoms with E-state index in [-0.39, 0.29) is 6.04 Å². The van der Waals surface area contributed by atoms with Crippen molar-refractivity contribution in [3.8, 4) is 0 Å². The fraction of sp³-hybridized carbons (Fsp3) is 0.706. The molecule has 0 bridgehead atoms. The van der Waals surface area contributed by atoms with Crippen LogP contribution in [0.4, 0.5) is 0 Å². The van der Waals surface area contributed by atoms with Crippen LogP contribution in [0.25, 0.3) is 0 Å². The van der Waals surface area contributed by atoms with Gasteiger partial charge in [-0.1, -0.05) is 0 Å². The third-order valence-electron chi connectivity index (χ3n) is 4.29. The molecule has 1 aromatic heterocycles. The number of carbonyl (C=O) groups excluding carboxylic acids is 1. The molecule has 1 amide bonds. The molecule has 0 aliphatic carbocycles. The Balaban J connectivity index is 1.86. The number of carbonyl (C=O) groups is 1. The summed E-state index contributed by atoms with van der Waals surface area (Å²) in [7, 11) is 0. The lowest BCUT2D eigenvalue weighted by Crippen LogP contribution is -2.36. The van der Waals surface area contributed by atoms with Crippen LogP contribution in [0.5, 0.6) is 0 Å². The molecule has 0 radical (unpaired) electrons. The van der Waals surface area contributed by atoms with Crippen LogP contribution in [0.15, 0.2) is 12.1 Å². The van der Waals surface area contributed by atoms with Gasteiger partial charge in [0.2, 0.25) is 5.91 Å². The van der Waals surface area contributed by atoms with E-state index in [1.165, 1.54) is 22.6 Å². The van der Waals surface area contributed by atoms with Crippen molar-refractivity contribution in [3.63, 3.8) is 0 Å². The first-order valence-electron chi connectivity index (χ1n) is 8.11. The summed E-state index contributed by atoms with van der Waals surface area (Å²) in [5, 5.41) is 3.38. The minimum absolute atomic E-state index is 0.271. The van der Waals surface area contributed by atoms with E-state index in [9.17, 15) is 4.79 Å². The molecule has 0 atom stereocenters. The van der Waals surface area contributed by atoms with E-state index in [0.717, 1.165) is 32.0 Å². The van der Waals surface area contributed by atoms with Gasteiger partial charge in [0, 0.05) is 22.2 Å². The lowest BCUT2D eigenvalue weighted by atomic mass is 9.93. The number of thiophene rings is 1. The van der Waals surface area contributed by atoms with Crippen LogP contribution in [0.1, 0.15) is 49.3 Å². The molecular formula is C17H28N2OS. The van der Waals surface area contributed by atoms with Crippen molar-refractivity contribution in [1.29, 1.82) is 0 Å². The highest BCUT2D eigenvalue weighted by atomic mass is 32.1. The average molecular weight is 308 g/mol. The van der Waals surface area contributed by atoms with Crippen molar-refractivity contribution < 1.29 is 4.79 Å². The lowest BCUT2D eigenvalue weighted by Gasteiger charge is -2.28. The molecule has 1 aliphatic rings. The Labute approximate surface area is 132 Å². The maximum atomic E-state index is 12.6. The zero-order chi connectivity index (χ0) is 15.2. The second kappa shape index (κ2) is 7.95. The molecule has 1 fully saturated rings. The van der Waals surface area contributed by atoms with Crippen LogP contribution in [-0.2, 0) is 11.3 Å². The first kappa shape index (κ1) is 16.5. The van der Waals surface area contributed by atoms with Gasteiger partial charge in [-0.25, -0.2) is 0 Å². The summed E-state index contributed by atoms with van der Waals surface area (Å²) in [6, 6.07) is 4.56. The van der Waals surface area contributed by atoms with E-state index in [2.05, 4.69) is 38.2 Å². The number of piperidine rings is 1. The van der Waals surface area contributed by atoms with Crippen molar-refractivity contribution in [2.24, 2.45) is 5.92 Å². The number of hydrogen-bond acceptors (Lipinski definition) is 3. The van der Waals surface area contributed by atoms with Gasteiger partial charge in [0.05, 0.1) is 6.54 Å². The van der Waals surface area contributed by atoms with Crippen LogP contribution in [0.3, 0.4) is 0 Å². The van der Waals surface area contributed by atoms with E-state index in [0.29, 0.717) is 12.3 Å². The van der Waals surface area contributed by atoms with E-state index >= 15 is 0 Å². The Bertz CT molecular complexity index is 449. The first-order valence-corrected chi connectivity index (χ1v) is 8.93. The molecule has 1 N–H and O–H groups in total. The molecule has 1 aliphatic heterocycles. The molecule has 21 heavy (non-hydrogen) atoms. The SMILES string of the molecule is Cc1ccc(CN(C(=O)CCC2CCNCC2)C(C)C)s1. The molecule has 118 valence electrons. The maximum Gasteiger partial charge on any atom is 0.223 e. The van der Waals surface area contributed by atoms with Crippen LogP contribution in [0.2, 0.25) is 0 Å². The summed E-state index contributed by atoms with van der Waals surface area (Å²) in [5.41, 5.74) is 0. The standard InChI is InChI=1S/C17H28N2OS/c1-13(2)19(12-16-6-4-14(3)21-16)17(20)7-5-15-8-10-18-11-9-15/h4,6,13,15,18H,5,7-12H2,1-3H3. The second-order valence-corrected chi connectivity index (χ2v) is 7.73. The number of amides is 1. The number of aryl methyl sites for hydroxylation is 1. The van der Waals surface area contributed by atoms with Crippen molar-refractivity contribution in [1.82, 2.24) is 10.2 Å². The predicted molar refractivity (Wildman–Crippen MR) is 89.6 cm³/mol. The average Bonchev–Trinajstić information content (AvgIpc) is 2.88. The monoisotopic (exact) mass is 308 g/mol. The predicted octanol–water partition coefficient (Wildman–Crippen LogP) is 3.57. The summed E-state index contributed by atoms with van der Waals surface area (Å²) in [6.07, 6.45) is 4.19. The van der Waals surface area contributed by atoms with Gasteiger partial charge >= 0.3 is 0 Å². The van der Waals surface area contributed by atoms with Gasteiger partial charge in [-0.15, -0.1) is 11.3 Å². The fourth-order valence-electron chi connectivity index (χ4n) is 2.94. The maximum absolute atomic E-state index is 12.6. The van der Waals surface area contributed by atoms with Gasteiger partial charge in [0.25, 0.3) is 0 Å². The summed E-state index contributed by atoms with van der Waals surface area (Å²) in [6.45, 7) is 9.34. The molecular weight excluding hydrogens is 280 g/mol. The van der Waals surface area contributed by atoms with Gasteiger partial charge in [0.1, 0.15) is 0 Å². The molecule has 1 aromatic rings. The molecule has 0 spiro atoms. The van der Waals surface area contributed by atoms with Crippen LogP contribution in [-0.4, -0.2) is 29.9 Å². The summed E-state index contributed by atoms with van der Waals surface area (Å²) in [5.74, 6) is 1.04. The Morgan fingerprint density at radius 1 is 1.38 bits per heavy atom. The van der Waals surface area contributed by atoms with Crippen molar-refractivity contribution in [2.45, 2.75) is 59.0 Å². The summed E-state index contributed by atoms with van der Waals surface area (Å²) >= 11 is 1.79. The Morgan fingerprint density at radius 2 is 2.10 bits per heavy atom. The Morgan fingerprint density at radius 3 is 2.67 bits per heavy atom. The fourth-order valence-corrected chi connectivity index (χ4v) is 3.83. The largest absolute Gasteiger partial charge is 0.335 e. The van der Waals surface area contributed by atoms with E-state index in [4.69, 9.17) is 0 Å². The normalized spacial score (nSPS) is 16.4. The highest BCUT2D eigenvalue weighted by Gasteiger charge is 2.20. The van der Waals surface area contributed by atoms with Gasteiger partial charge in [-0.05, 0) is 71.2 Å². The topological polar surface area (TPSA) is 32.3 Å². The quantitative estimate of drug-likeness (QED) is 0.871. The lowest BCUT2D eigenvalue weighted by molar-refractivity contribution is -0.133. The molecule has 4 heteroatoms. The highest BCUT2D eigenvalue weighted by Crippen LogP contribution is 2.22. The molecule has 1 saturated heterocycles. The zero-order valence-electron chi connectivity index (χ0n) is 13.5. The van der Waals surface area contributed by atoms with E-state index in [1.807, 2.05) is 4.90 Å². The van der Waals surface area contributed by atoms with Gasteiger partial charge in [0.15, 0.2) is 0 Å². The zero-order valence-corrected chi connectivity index (χ0v) is 14.3. The van der Waals surface area contributed by atoms with Crippen molar-refractivity contribution >= 4 is 17.2 Å². The molecule has 2 heterocycles. The Hall–Kier alpha value is -0.870. The number of hydrogen-bond donors (Lipinski definition) is 1. The van der Waals surface area contributed by atoms with Crippen LogP contribution in [0, 0.1) is 12.8 Å². The second-order valence-electron chi connectivity index (χ2n) is 6.36. The van der Waals surface area contributed by atoms with Crippen LogP contribution < -0.4 is 5.32 Å². The van der Waals surface area contributed by atoms with Crippen molar-refractivity contribution in [2.75, 3.05) is 13.1 Å². The van der Waals surface area contributed by atoms with Gasteiger partial charge < -0.3 is 10.2 Å². The van der Waals surface area contributed by atoms with E-state index in [1.54, 1.807) is 11.3 Å². The van der Waals surface area contributed by atoms with Crippen LogP contribution >= 0.6 is 11.3 Å². The Kier molecular flexibility index (Phi) is 6.24. The number of rotatable bonds is 6. The first-order chi connectivity index (χ1) is 10.1. The van der Waals surface area contributed by atoms with Gasteiger partial charge in [-0.2, -0.15) is 0 Å². The smallest absolute Gasteiger partial charge is 0.223 e. The molecule has 0 unspecified atom stereocenters. The molecule has 0 saturated carbocycles. The summed E-state index contributed by atoms with van der Waals surface area (Å²) in [4.78, 5) is 17.2. The molecule has 0 aromatic carbocycles. The molecule has 2 rings (SSSR count). The molecule has 3 nitrogen and oxygen atoms in total. The van der Waals surface area contributed by atoms with E-state index < -0.39 is 0 Å². The van der Waals surface area contributed by atoms with Crippen molar-refractivity contribution in [3.05, 3.63) is 21.9 Å². The highest BCUT2D eigenvalue weighted by molar-refractivity contribution is 7.11. The number of nitrogens with one attached hydrogen (secondary N) is 1. The minimum atomic E-state index is 0.271. The minimum Gasteiger partial charge on any atom is -0.335 e. The number of nitrogens with zero attached hydrogens (tertiary/aromatic N) is 1. The third-order valence-corrected chi connectivity index (χ3v) is 5.28. The third kappa shape index (κ3) is 5.11. The summed E-state index contributed by atoms with van der Waals surface area (Å²) < 4.78 is 0. The van der Waals surface area contributed by atoms with Gasteiger partial charge in [-0.3, -0.25) is 4.79 Å².